The molecule has 1 aromatic carbocycles. The minimum Gasteiger partial charge on any atom is -0.493 e. The Labute approximate surface area is 115 Å². The van der Waals surface area contributed by atoms with Crippen LogP contribution >= 0.6 is 10.7 Å². The van der Waals surface area contributed by atoms with Gasteiger partial charge in [-0.15, -0.1) is 0 Å². The minimum atomic E-state index is -3.42. The zero-order valence-electron chi connectivity index (χ0n) is 10.1. The van der Waals surface area contributed by atoms with Crippen LogP contribution in [0.15, 0.2) is 24.3 Å². The van der Waals surface area contributed by atoms with E-state index in [1.807, 2.05) is 0 Å². The molecule has 1 rings (SSSR count). The van der Waals surface area contributed by atoms with Crippen LogP contribution in [0.5, 0.6) is 5.75 Å². The van der Waals surface area contributed by atoms with Crippen LogP contribution in [0.4, 0.5) is 5.69 Å². The number of unbranched alkanes of at least 4 members (excludes halogenated alkanes) is 2. The Balaban J connectivity index is 2.26. The fourth-order valence-corrected chi connectivity index (χ4v) is 2.31. The normalized spacial score (nSPS) is 11.2. The van der Waals surface area contributed by atoms with Crippen LogP contribution in [0.25, 0.3) is 0 Å². The average molecular weight is 308 g/mol. The van der Waals surface area contributed by atoms with Gasteiger partial charge in [-0.2, -0.15) is 0 Å². The highest BCUT2D eigenvalue weighted by Crippen LogP contribution is 2.19. The number of nitro benzene ring substituents is 1. The quantitative estimate of drug-likeness (QED) is 0.319. The van der Waals surface area contributed by atoms with E-state index in [1.165, 1.54) is 12.1 Å². The van der Waals surface area contributed by atoms with Gasteiger partial charge in [0.25, 0.3) is 5.69 Å². The molecule has 0 bridgehead atoms. The van der Waals surface area contributed by atoms with Gasteiger partial charge in [0.05, 0.1) is 23.3 Å². The number of hydrogen-bond acceptors (Lipinski definition) is 5. The van der Waals surface area contributed by atoms with E-state index in [1.54, 1.807) is 12.1 Å². The van der Waals surface area contributed by atoms with E-state index in [-0.39, 0.29) is 11.4 Å². The number of ether oxygens (including phenoxy) is 1. The van der Waals surface area contributed by atoms with E-state index in [0.717, 1.165) is 0 Å². The maximum absolute atomic E-state index is 10.7. The summed E-state index contributed by atoms with van der Waals surface area (Å²) < 4.78 is 26.7. The molecular weight excluding hydrogens is 294 g/mol. The maximum Gasteiger partial charge on any atom is 0.273 e. The summed E-state index contributed by atoms with van der Waals surface area (Å²) >= 11 is 0. The number of nitrogens with zero attached hydrogens (tertiary/aromatic N) is 1. The van der Waals surface area contributed by atoms with Crippen molar-refractivity contribution in [2.24, 2.45) is 0 Å². The summed E-state index contributed by atoms with van der Waals surface area (Å²) in [5, 5.41) is 10.5. The highest BCUT2D eigenvalue weighted by Gasteiger charge is 2.06. The van der Waals surface area contributed by atoms with Crippen LogP contribution in [-0.2, 0) is 9.05 Å². The van der Waals surface area contributed by atoms with Crippen molar-refractivity contribution in [2.75, 3.05) is 12.4 Å². The Bertz CT molecular complexity index is 532. The predicted molar refractivity (Wildman–Crippen MR) is 72.1 cm³/mol. The Morgan fingerprint density at radius 2 is 2.00 bits per heavy atom. The van der Waals surface area contributed by atoms with Crippen LogP contribution < -0.4 is 4.74 Å². The molecule has 0 aromatic heterocycles. The first-order valence-electron chi connectivity index (χ1n) is 5.68. The minimum absolute atomic E-state index is 0.0225. The van der Waals surface area contributed by atoms with Gasteiger partial charge in [-0.3, -0.25) is 10.1 Å². The third-order valence-corrected chi connectivity index (χ3v) is 3.57. The maximum atomic E-state index is 10.7. The fraction of sp³-hybridized carbons (Fsp3) is 0.455. The lowest BCUT2D eigenvalue weighted by atomic mass is 10.2. The fourth-order valence-electron chi connectivity index (χ4n) is 1.43. The lowest BCUT2D eigenvalue weighted by Crippen LogP contribution is -2.01. The van der Waals surface area contributed by atoms with Crippen molar-refractivity contribution in [1.29, 1.82) is 0 Å². The van der Waals surface area contributed by atoms with Gasteiger partial charge in [-0.1, -0.05) is 6.07 Å². The third kappa shape index (κ3) is 6.97. The van der Waals surface area contributed by atoms with Gasteiger partial charge in [0.2, 0.25) is 9.05 Å². The predicted octanol–water partition coefficient (Wildman–Crippen LogP) is 2.71. The van der Waals surface area contributed by atoms with Gasteiger partial charge in [-0.05, 0) is 25.3 Å². The first-order chi connectivity index (χ1) is 8.88. The highest BCUT2D eigenvalue weighted by molar-refractivity contribution is 8.13. The van der Waals surface area contributed by atoms with Crippen LogP contribution in [-0.4, -0.2) is 25.7 Å². The molecule has 0 fully saturated rings. The molecule has 0 aliphatic heterocycles. The zero-order chi connectivity index (χ0) is 14.3. The Morgan fingerprint density at radius 1 is 1.26 bits per heavy atom. The van der Waals surface area contributed by atoms with Gasteiger partial charge in [0.15, 0.2) is 0 Å². The molecule has 0 aliphatic rings. The second-order valence-electron chi connectivity index (χ2n) is 3.91. The molecule has 0 unspecified atom stereocenters. The van der Waals surface area contributed by atoms with Crippen molar-refractivity contribution in [3.63, 3.8) is 0 Å². The number of non-ortho nitro benzene ring substituents is 1. The van der Waals surface area contributed by atoms with Crippen molar-refractivity contribution < 1.29 is 18.1 Å². The topological polar surface area (TPSA) is 86.5 Å². The van der Waals surface area contributed by atoms with Gasteiger partial charge in [-0.25, -0.2) is 8.42 Å². The molecule has 8 heteroatoms. The second kappa shape index (κ2) is 7.30. The van der Waals surface area contributed by atoms with Crippen molar-refractivity contribution >= 4 is 25.4 Å². The van der Waals surface area contributed by atoms with Crippen LogP contribution in [0, 0.1) is 10.1 Å². The Morgan fingerprint density at radius 3 is 2.63 bits per heavy atom. The molecular formula is C11H14ClNO5S. The summed E-state index contributed by atoms with van der Waals surface area (Å²) in [6, 6.07) is 5.92. The summed E-state index contributed by atoms with van der Waals surface area (Å²) in [4.78, 5) is 10.1. The van der Waals surface area contributed by atoms with Crippen LogP contribution in [0.2, 0.25) is 0 Å². The molecule has 0 amide bonds. The molecule has 0 radical (unpaired) electrons. The molecule has 19 heavy (non-hydrogen) atoms. The van der Waals surface area contributed by atoms with Crippen molar-refractivity contribution in [2.45, 2.75) is 19.3 Å². The standard InChI is InChI=1S/C11H14ClNO5S/c12-19(16,17)8-3-1-2-7-18-11-6-4-5-10(9-11)13(14)15/h4-6,9H,1-3,7-8H2. The Hall–Kier alpha value is -1.34. The second-order valence-corrected chi connectivity index (χ2v) is 6.80. The lowest BCUT2D eigenvalue weighted by Gasteiger charge is -2.05. The summed E-state index contributed by atoms with van der Waals surface area (Å²) in [6.07, 6.45) is 1.81. The van der Waals surface area contributed by atoms with Crippen LogP contribution in [0.3, 0.4) is 0 Å². The number of rotatable bonds is 8. The molecule has 0 saturated heterocycles. The molecule has 6 nitrogen and oxygen atoms in total. The lowest BCUT2D eigenvalue weighted by molar-refractivity contribution is -0.384. The van der Waals surface area contributed by atoms with Crippen molar-refractivity contribution in [1.82, 2.24) is 0 Å². The monoisotopic (exact) mass is 307 g/mol. The van der Waals surface area contributed by atoms with E-state index < -0.39 is 14.0 Å². The molecule has 1 aromatic rings. The first-order valence-corrected chi connectivity index (χ1v) is 8.16. The van der Waals surface area contributed by atoms with E-state index in [2.05, 4.69) is 0 Å². The third-order valence-electron chi connectivity index (χ3n) is 2.33. The number of hydrogen-bond donors (Lipinski definition) is 0. The van der Waals surface area contributed by atoms with Crippen molar-refractivity contribution in [3.05, 3.63) is 34.4 Å². The van der Waals surface area contributed by atoms with Gasteiger partial charge >= 0.3 is 0 Å². The number of nitro groups is 1. The van der Waals surface area contributed by atoms with E-state index >= 15 is 0 Å². The number of benzene rings is 1. The molecule has 0 saturated carbocycles. The Kier molecular flexibility index (Phi) is 6.04. The van der Waals surface area contributed by atoms with Crippen molar-refractivity contribution in [3.8, 4) is 5.75 Å². The van der Waals surface area contributed by atoms with Gasteiger partial charge in [0, 0.05) is 16.7 Å². The summed E-state index contributed by atoms with van der Waals surface area (Å²) in [6.45, 7) is 0.378. The molecule has 0 atom stereocenters. The van der Waals surface area contributed by atoms with Gasteiger partial charge in [0.1, 0.15) is 5.75 Å². The summed E-state index contributed by atoms with van der Waals surface area (Å²) in [5.74, 6) is 0.380. The van der Waals surface area contributed by atoms with Gasteiger partial charge < -0.3 is 4.74 Å². The highest BCUT2D eigenvalue weighted by atomic mass is 35.7. The first kappa shape index (κ1) is 15.7. The molecule has 0 heterocycles. The van der Waals surface area contributed by atoms with E-state index in [4.69, 9.17) is 15.4 Å². The molecule has 106 valence electrons. The summed E-state index contributed by atoms with van der Waals surface area (Å²) in [5.41, 5.74) is -0.0225. The van der Waals surface area contributed by atoms with Crippen LogP contribution in [0.1, 0.15) is 19.3 Å². The smallest absolute Gasteiger partial charge is 0.273 e. The van der Waals surface area contributed by atoms with E-state index in [9.17, 15) is 18.5 Å². The average Bonchev–Trinajstić information content (AvgIpc) is 2.32. The summed E-state index contributed by atoms with van der Waals surface area (Å²) in [7, 11) is 1.64. The van der Waals surface area contributed by atoms with E-state index in [0.29, 0.717) is 31.6 Å². The largest absolute Gasteiger partial charge is 0.493 e. The number of halogens is 1. The molecule has 0 spiro atoms. The SMILES string of the molecule is O=[N+]([O-])c1cccc(OCCCCCS(=O)(=O)Cl)c1. The molecule has 0 aliphatic carbocycles. The molecule has 0 N–H and O–H groups in total. The zero-order valence-corrected chi connectivity index (χ0v) is 11.7.